The Morgan fingerprint density at radius 1 is 1.05 bits per heavy atom. The number of fused-ring (bicyclic) bond motifs is 1. The molecule has 0 aliphatic carbocycles. The molecule has 0 amide bonds. The Hall–Kier alpha value is -2.33. The number of pyridine rings is 1. The van der Waals surface area contributed by atoms with E-state index in [-0.39, 0.29) is 0 Å². The summed E-state index contributed by atoms with van der Waals surface area (Å²) in [7, 11) is 1.67. The van der Waals surface area contributed by atoms with E-state index in [1.807, 2.05) is 34.9 Å². The van der Waals surface area contributed by atoms with Gasteiger partial charge in [-0.05, 0) is 29.3 Å². The molecule has 0 aliphatic rings. The zero-order chi connectivity index (χ0) is 13.9. The van der Waals surface area contributed by atoms with Crippen molar-refractivity contribution >= 4 is 5.65 Å². The van der Waals surface area contributed by atoms with Gasteiger partial charge < -0.3 is 14.9 Å². The summed E-state index contributed by atoms with van der Waals surface area (Å²) in [4.78, 5) is 4.62. The summed E-state index contributed by atoms with van der Waals surface area (Å²) in [6.45, 7) is 0.544. The zero-order valence-electron chi connectivity index (χ0n) is 11.4. The topological polar surface area (TPSA) is 52.5 Å². The van der Waals surface area contributed by atoms with Crippen LogP contribution in [-0.4, -0.2) is 16.5 Å². The number of nitrogens with zero attached hydrogens (tertiary/aromatic N) is 2. The van der Waals surface area contributed by atoms with Gasteiger partial charge >= 0.3 is 0 Å². The molecule has 0 spiro atoms. The molecule has 0 atom stereocenters. The molecular weight excluding hydrogens is 250 g/mol. The summed E-state index contributed by atoms with van der Waals surface area (Å²) >= 11 is 0. The molecule has 4 nitrogen and oxygen atoms in total. The van der Waals surface area contributed by atoms with Crippen molar-refractivity contribution in [1.82, 2.24) is 9.38 Å². The molecule has 2 heterocycles. The molecule has 3 aromatic rings. The molecule has 102 valence electrons. The van der Waals surface area contributed by atoms with Crippen LogP contribution in [0.15, 0.2) is 48.8 Å². The summed E-state index contributed by atoms with van der Waals surface area (Å²) < 4.78 is 7.19. The van der Waals surface area contributed by atoms with Crippen LogP contribution in [0.1, 0.15) is 16.8 Å². The van der Waals surface area contributed by atoms with Crippen molar-refractivity contribution in [3.8, 4) is 5.75 Å². The second-order valence-electron chi connectivity index (χ2n) is 4.76. The first kappa shape index (κ1) is 12.7. The lowest BCUT2D eigenvalue weighted by atomic mass is 10.1. The van der Waals surface area contributed by atoms with Crippen molar-refractivity contribution in [2.24, 2.45) is 5.73 Å². The number of methoxy groups -OCH3 is 1. The van der Waals surface area contributed by atoms with E-state index in [0.29, 0.717) is 6.54 Å². The van der Waals surface area contributed by atoms with E-state index in [2.05, 4.69) is 23.3 Å². The molecule has 0 saturated heterocycles. The van der Waals surface area contributed by atoms with Gasteiger partial charge in [0, 0.05) is 25.4 Å². The Morgan fingerprint density at radius 2 is 1.80 bits per heavy atom. The first-order valence-corrected chi connectivity index (χ1v) is 6.58. The van der Waals surface area contributed by atoms with Gasteiger partial charge in [0.15, 0.2) is 0 Å². The van der Waals surface area contributed by atoms with Crippen LogP contribution in [0.2, 0.25) is 0 Å². The van der Waals surface area contributed by atoms with Crippen molar-refractivity contribution in [2.75, 3.05) is 7.11 Å². The molecule has 0 radical (unpaired) electrons. The minimum Gasteiger partial charge on any atom is -0.497 e. The van der Waals surface area contributed by atoms with E-state index in [1.54, 1.807) is 7.11 Å². The quantitative estimate of drug-likeness (QED) is 0.789. The van der Waals surface area contributed by atoms with Gasteiger partial charge in [0.25, 0.3) is 0 Å². The van der Waals surface area contributed by atoms with Crippen LogP contribution in [0.5, 0.6) is 5.75 Å². The molecule has 3 rings (SSSR count). The average molecular weight is 267 g/mol. The Balaban J connectivity index is 1.86. The Bertz CT molecular complexity index is 716. The van der Waals surface area contributed by atoms with Crippen molar-refractivity contribution < 1.29 is 4.74 Å². The third-order valence-corrected chi connectivity index (χ3v) is 3.34. The second-order valence-corrected chi connectivity index (χ2v) is 4.76. The summed E-state index contributed by atoms with van der Waals surface area (Å²) in [5, 5.41) is 0. The van der Waals surface area contributed by atoms with E-state index in [1.165, 1.54) is 5.56 Å². The average Bonchev–Trinajstić information content (AvgIpc) is 2.89. The molecule has 20 heavy (non-hydrogen) atoms. The molecule has 0 bridgehead atoms. The second kappa shape index (κ2) is 5.35. The molecular formula is C16H17N3O. The standard InChI is InChI=1S/C16H17N3O/c1-20-15-5-2-12(3-6-15)8-14-11-19-10-13(9-17)4-7-16(19)18-14/h2-7,10-11H,8-9,17H2,1H3. The van der Waals surface area contributed by atoms with Gasteiger partial charge in [-0.1, -0.05) is 18.2 Å². The van der Waals surface area contributed by atoms with Crippen molar-refractivity contribution in [1.29, 1.82) is 0 Å². The van der Waals surface area contributed by atoms with Gasteiger partial charge in [-0.3, -0.25) is 0 Å². The maximum Gasteiger partial charge on any atom is 0.137 e. The highest BCUT2D eigenvalue weighted by molar-refractivity contribution is 5.42. The maximum atomic E-state index is 5.65. The molecule has 0 aliphatic heterocycles. The number of aromatic nitrogens is 2. The van der Waals surface area contributed by atoms with E-state index < -0.39 is 0 Å². The highest BCUT2D eigenvalue weighted by atomic mass is 16.5. The van der Waals surface area contributed by atoms with Crippen molar-refractivity contribution in [3.05, 3.63) is 65.6 Å². The largest absolute Gasteiger partial charge is 0.497 e. The van der Waals surface area contributed by atoms with E-state index >= 15 is 0 Å². The minimum absolute atomic E-state index is 0.544. The lowest BCUT2D eigenvalue weighted by molar-refractivity contribution is 0.414. The Morgan fingerprint density at radius 3 is 2.50 bits per heavy atom. The van der Waals surface area contributed by atoms with Crippen LogP contribution in [0, 0.1) is 0 Å². The van der Waals surface area contributed by atoms with Gasteiger partial charge in [0.2, 0.25) is 0 Å². The molecule has 0 saturated carbocycles. The Kier molecular flexibility index (Phi) is 3.39. The van der Waals surface area contributed by atoms with Gasteiger partial charge in [0.05, 0.1) is 12.8 Å². The lowest BCUT2D eigenvalue weighted by Gasteiger charge is -2.01. The predicted molar refractivity (Wildman–Crippen MR) is 78.9 cm³/mol. The number of imidazole rings is 1. The third kappa shape index (κ3) is 2.51. The van der Waals surface area contributed by atoms with E-state index in [0.717, 1.165) is 29.1 Å². The Labute approximate surface area is 117 Å². The number of hydrogen-bond acceptors (Lipinski definition) is 3. The number of rotatable bonds is 4. The minimum atomic E-state index is 0.544. The molecule has 1 aromatic carbocycles. The van der Waals surface area contributed by atoms with E-state index in [4.69, 9.17) is 10.5 Å². The van der Waals surface area contributed by atoms with Crippen LogP contribution in [0.3, 0.4) is 0 Å². The van der Waals surface area contributed by atoms with Gasteiger partial charge in [-0.2, -0.15) is 0 Å². The predicted octanol–water partition coefficient (Wildman–Crippen LogP) is 2.39. The molecule has 2 N–H and O–H groups in total. The first-order chi connectivity index (χ1) is 9.78. The summed E-state index contributed by atoms with van der Waals surface area (Å²) in [6.07, 6.45) is 4.89. The normalized spacial score (nSPS) is 10.9. The van der Waals surface area contributed by atoms with Crippen molar-refractivity contribution in [3.63, 3.8) is 0 Å². The fourth-order valence-corrected chi connectivity index (χ4v) is 2.25. The molecule has 4 heteroatoms. The van der Waals surface area contributed by atoms with Crippen LogP contribution < -0.4 is 10.5 Å². The first-order valence-electron chi connectivity index (χ1n) is 6.58. The smallest absolute Gasteiger partial charge is 0.137 e. The summed E-state index contributed by atoms with van der Waals surface area (Å²) in [5.74, 6) is 0.872. The SMILES string of the molecule is COc1ccc(Cc2cn3cc(CN)ccc3n2)cc1. The van der Waals surface area contributed by atoms with Crippen LogP contribution in [-0.2, 0) is 13.0 Å². The third-order valence-electron chi connectivity index (χ3n) is 3.34. The molecule has 2 aromatic heterocycles. The number of ether oxygens (including phenoxy) is 1. The van der Waals surface area contributed by atoms with Gasteiger partial charge in [0.1, 0.15) is 11.4 Å². The number of nitrogens with two attached hydrogens (primary N) is 1. The monoisotopic (exact) mass is 267 g/mol. The molecule has 0 unspecified atom stereocenters. The fraction of sp³-hybridized carbons (Fsp3) is 0.188. The lowest BCUT2D eigenvalue weighted by Crippen LogP contribution is -1.97. The number of benzene rings is 1. The van der Waals surface area contributed by atoms with Crippen LogP contribution in [0.25, 0.3) is 5.65 Å². The van der Waals surface area contributed by atoms with E-state index in [9.17, 15) is 0 Å². The molecule has 0 fully saturated rings. The van der Waals surface area contributed by atoms with Crippen molar-refractivity contribution in [2.45, 2.75) is 13.0 Å². The zero-order valence-corrected chi connectivity index (χ0v) is 11.4. The highest BCUT2D eigenvalue weighted by Crippen LogP contribution is 2.15. The fourth-order valence-electron chi connectivity index (χ4n) is 2.25. The summed E-state index contributed by atoms with van der Waals surface area (Å²) in [6, 6.07) is 12.1. The summed E-state index contributed by atoms with van der Waals surface area (Å²) in [5.41, 5.74) is 9.97. The van der Waals surface area contributed by atoms with Crippen LogP contribution in [0.4, 0.5) is 0 Å². The van der Waals surface area contributed by atoms with Gasteiger partial charge in [-0.15, -0.1) is 0 Å². The van der Waals surface area contributed by atoms with Crippen LogP contribution >= 0.6 is 0 Å². The maximum absolute atomic E-state index is 5.65. The van der Waals surface area contributed by atoms with Gasteiger partial charge in [-0.25, -0.2) is 4.98 Å². The highest BCUT2D eigenvalue weighted by Gasteiger charge is 2.04. The number of hydrogen-bond donors (Lipinski definition) is 1.